The summed E-state index contributed by atoms with van der Waals surface area (Å²) < 4.78 is 1.27. The monoisotopic (exact) mass is 492 g/mol. The molecule has 2 heterocycles. The van der Waals surface area contributed by atoms with Crippen LogP contribution in [-0.2, 0) is 13.0 Å². The number of aromatic nitrogens is 2. The maximum atomic E-state index is 5.91. The van der Waals surface area contributed by atoms with Crippen molar-refractivity contribution in [2.75, 3.05) is 44.2 Å². The van der Waals surface area contributed by atoms with E-state index in [2.05, 4.69) is 78.7 Å². The lowest BCUT2D eigenvalue weighted by Gasteiger charge is -2.42. The van der Waals surface area contributed by atoms with Crippen LogP contribution >= 0.6 is 22.6 Å². The number of hydrazine groups is 1. The molecular formula is C21H29IN6. The van der Waals surface area contributed by atoms with Gasteiger partial charge in [0.25, 0.3) is 0 Å². The zero-order valence-electron chi connectivity index (χ0n) is 16.5. The first-order valence-electron chi connectivity index (χ1n) is 10.2. The molecule has 0 saturated carbocycles. The number of halogens is 1. The minimum absolute atomic E-state index is 0.568. The molecule has 1 aromatic carbocycles. The molecule has 1 saturated heterocycles. The number of rotatable bonds is 6. The highest BCUT2D eigenvalue weighted by Gasteiger charge is 2.29. The third-order valence-corrected chi connectivity index (χ3v) is 6.59. The second-order valence-electron chi connectivity index (χ2n) is 7.74. The van der Waals surface area contributed by atoms with E-state index in [4.69, 9.17) is 5.73 Å². The third kappa shape index (κ3) is 4.32. The van der Waals surface area contributed by atoms with Gasteiger partial charge in [-0.05, 0) is 59.0 Å². The van der Waals surface area contributed by atoms with Crippen molar-refractivity contribution in [2.24, 2.45) is 5.73 Å². The molecule has 0 unspecified atom stereocenters. The van der Waals surface area contributed by atoms with Crippen LogP contribution in [0.4, 0.5) is 5.82 Å². The van der Waals surface area contributed by atoms with Crippen molar-refractivity contribution in [3.63, 3.8) is 0 Å². The van der Waals surface area contributed by atoms with Crippen LogP contribution < -0.4 is 10.6 Å². The number of hydrogen-bond acceptors (Lipinski definition) is 6. The van der Waals surface area contributed by atoms with Gasteiger partial charge in [-0.2, -0.15) is 0 Å². The molecule has 28 heavy (non-hydrogen) atoms. The number of fused-ring (bicyclic) bond motifs is 1. The van der Waals surface area contributed by atoms with E-state index in [1.54, 1.807) is 6.33 Å². The first-order valence-corrected chi connectivity index (χ1v) is 11.3. The molecule has 0 spiro atoms. The van der Waals surface area contributed by atoms with Crippen molar-refractivity contribution in [1.82, 2.24) is 20.0 Å². The lowest BCUT2D eigenvalue weighted by molar-refractivity contribution is -0.0346. The van der Waals surface area contributed by atoms with E-state index in [-0.39, 0.29) is 0 Å². The Morgan fingerprint density at radius 3 is 2.61 bits per heavy atom. The molecule has 0 radical (unpaired) electrons. The predicted molar refractivity (Wildman–Crippen MR) is 121 cm³/mol. The third-order valence-electron chi connectivity index (χ3n) is 5.87. The lowest BCUT2D eigenvalue weighted by atomic mass is 10.1. The Morgan fingerprint density at radius 2 is 1.89 bits per heavy atom. The summed E-state index contributed by atoms with van der Waals surface area (Å²) in [7, 11) is 0. The Balaban J connectivity index is 1.42. The molecule has 1 aliphatic heterocycles. The molecule has 2 aliphatic rings. The summed E-state index contributed by atoms with van der Waals surface area (Å²) in [5, 5.41) is 4.87. The number of aryl methyl sites for hydroxylation is 1. The van der Waals surface area contributed by atoms with Gasteiger partial charge in [0.2, 0.25) is 0 Å². The van der Waals surface area contributed by atoms with E-state index in [1.165, 1.54) is 26.8 Å². The molecule has 1 aliphatic carbocycles. The molecule has 4 rings (SSSR count). The molecule has 1 fully saturated rings. The average molecular weight is 492 g/mol. The van der Waals surface area contributed by atoms with Gasteiger partial charge in [0.15, 0.2) is 0 Å². The molecule has 150 valence electrons. The van der Waals surface area contributed by atoms with Gasteiger partial charge < -0.3 is 10.6 Å². The Bertz CT molecular complexity index is 788. The highest BCUT2D eigenvalue weighted by Crippen LogP contribution is 2.37. The predicted octanol–water partition coefficient (Wildman–Crippen LogP) is 2.63. The highest BCUT2D eigenvalue weighted by atomic mass is 127. The maximum Gasteiger partial charge on any atom is 0.135 e. The van der Waals surface area contributed by atoms with Crippen LogP contribution in [0.5, 0.6) is 0 Å². The molecule has 6 nitrogen and oxygen atoms in total. The fraction of sp³-hybridized carbons (Fsp3) is 0.524. The fourth-order valence-electron chi connectivity index (χ4n) is 4.34. The number of nitrogens with zero attached hydrogens (tertiary/aromatic N) is 5. The van der Waals surface area contributed by atoms with Crippen molar-refractivity contribution >= 4 is 28.4 Å². The highest BCUT2D eigenvalue weighted by molar-refractivity contribution is 14.1. The van der Waals surface area contributed by atoms with Gasteiger partial charge in [0.05, 0.1) is 0 Å². The van der Waals surface area contributed by atoms with E-state index in [0.717, 1.165) is 51.5 Å². The van der Waals surface area contributed by atoms with Crippen molar-refractivity contribution in [2.45, 2.75) is 32.2 Å². The van der Waals surface area contributed by atoms with Gasteiger partial charge >= 0.3 is 0 Å². The number of anilines is 1. The Labute approximate surface area is 181 Å². The molecule has 7 heteroatoms. The number of hydrogen-bond donors (Lipinski definition) is 1. The van der Waals surface area contributed by atoms with Crippen LogP contribution in [0, 0.1) is 3.57 Å². The molecule has 1 aromatic heterocycles. The van der Waals surface area contributed by atoms with Gasteiger partial charge in [-0.25, -0.2) is 20.0 Å². The normalized spacial score (nSPS) is 20.0. The van der Waals surface area contributed by atoms with E-state index in [0.29, 0.717) is 12.5 Å². The molecule has 2 aromatic rings. The number of benzene rings is 1. The van der Waals surface area contributed by atoms with E-state index in [1.807, 2.05) is 0 Å². The van der Waals surface area contributed by atoms with Gasteiger partial charge in [-0.3, -0.25) is 0 Å². The summed E-state index contributed by atoms with van der Waals surface area (Å²) in [6.07, 6.45) is 4.03. The number of nitrogens with two attached hydrogens (primary N) is 1. The Kier molecular flexibility index (Phi) is 6.45. The number of piperazine rings is 1. The fourth-order valence-corrected chi connectivity index (χ4v) is 4.70. The standard InChI is InChI=1S/C21H29IN6/c1-16-2-7-19-20(16)21(25-15-24-19)26-10-12-27(13-11-26)28(9-8-23)14-17-3-5-18(22)6-4-17/h3-6,15-16H,2,7-14,23H2,1H3/t16-/m1/s1. The molecule has 1 atom stereocenters. The van der Waals surface area contributed by atoms with Crippen LogP contribution in [0.2, 0.25) is 0 Å². The minimum atomic E-state index is 0.568. The van der Waals surface area contributed by atoms with Crippen LogP contribution in [0.1, 0.15) is 36.1 Å². The average Bonchev–Trinajstić information content (AvgIpc) is 3.11. The Hall–Kier alpha value is -1.29. The van der Waals surface area contributed by atoms with Crippen molar-refractivity contribution < 1.29 is 0 Å². The largest absolute Gasteiger partial charge is 0.354 e. The maximum absolute atomic E-state index is 5.91. The van der Waals surface area contributed by atoms with E-state index < -0.39 is 0 Å². The molecule has 0 amide bonds. The lowest BCUT2D eigenvalue weighted by Crippen LogP contribution is -2.54. The smallest absolute Gasteiger partial charge is 0.135 e. The second-order valence-corrected chi connectivity index (χ2v) is 8.99. The topological polar surface area (TPSA) is 61.5 Å². The first kappa shape index (κ1) is 20.0. The van der Waals surface area contributed by atoms with Gasteiger partial charge in [-0.15, -0.1) is 0 Å². The summed E-state index contributed by atoms with van der Waals surface area (Å²) in [5.41, 5.74) is 9.88. The summed E-state index contributed by atoms with van der Waals surface area (Å²) in [4.78, 5) is 11.6. The minimum Gasteiger partial charge on any atom is -0.354 e. The van der Waals surface area contributed by atoms with Crippen LogP contribution in [0.15, 0.2) is 30.6 Å². The van der Waals surface area contributed by atoms with Crippen LogP contribution in [-0.4, -0.2) is 59.3 Å². The first-order chi connectivity index (χ1) is 13.7. The Morgan fingerprint density at radius 1 is 1.14 bits per heavy atom. The van der Waals surface area contributed by atoms with Crippen molar-refractivity contribution in [3.8, 4) is 0 Å². The van der Waals surface area contributed by atoms with Crippen molar-refractivity contribution in [3.05, 3.63) is 51.0 Å². The van der Waals surface area contributed by atoms with Gasteiger partial charge in [-0.1, -0.05) is 19.1 Å². The van der Waals surface area contributed by atoms with E-state index in [9.17, 15) is 0 Å². The summed E-state index contributed by atoms with van der Waals surface area (Å²) in [6.45, 7) is 8.74. The summed E-state index contributed by atoms with van der Waals surface area (Å²) in [5.74, 6) is 1.73. The quantitative estimate of drug-likeness (QED) is 0.626. The SMILES string of the molecule is C[C@@H]1CCc2ncnc(N3CCN(N(CCN)Cc4ccc(I)cc4)CC3)c21. The van der Waals surface area contributed by atoms with Crippen LogP contribution in [0.3, 0.4) is 0 Å². The van der Waals surface area contributed by atoms with Crippen LogP contribution in [0.25, 0.3) is 0 Å². The van der Waals surface area contributed by atoms with Crippen molar-refractivity contribution in [1.29, 1.82) is 0 Å². The molecular weight excluding hydrogens is 463 g/mol. The van der Waals surface area contributed by atoms with E-state index >= 15 is 0 Å². The van der Waals surface area contributed by atoms with Gasteiger partial charge in [0, 0.05) is 60.6 Å². The summed E-state index contributed by atoms with van der Waals surface area (Å²) in [6, 6.07) is 8.77. The molecule has 2 N–H and O–H groups in total. The van der Waals surface area contributed by atoms with Gasteiger partial charge in [0.1, 0.15) is 12.1 Å². The zero-order valence-corrected chi connectivity index (χ0v) is 18.7. The molecule has 0 bridgehead atoms. The second kappa shape index (κ2) is 9.02. The summed E-state index contributed by atoms with van der Waals surface area (Å²) >= 11 is 2.35. The zero-order chi connectivity index (χ0) is 19.5.